The molecule has 0 saturated carbocycles. The van der Waals surface area contributed by atoms with E-state index in [1.54, 1.807) is 176 Å². The Morgan fingerprint density at radius 2 is 0.467 bits per heavy atom. The van der Waals surface area contributed by atoms with Crippen molar-refractivity contribution < 1.29 is 94.2 Å². The number of nitrogens with zero attached hydrogens (tertiary/aromatic N) is 8. The second-order valence-electron chi connectivity index (χ2n) is 33.2. The van der Waals surface area contributed by atoms with E-state index in [2.05, 4.69) is 124 Å². The first-order valence-corrected chi connectivity index (χ1v) is 42.2. The molecule has 29 heteroatoms. The smallest absolute Gasteiger partial charge is 0.259 e. The number of carbonyl (C=O) groups excluding carboxylic acids is 4. The third kappa shape index (κ3) is 25.9. The van der Waals surface area contributed by atoms with Gasteiger partial charge < -0.3 is 62.1 Å². The van der Waals surface area contributed by atoms with Crippen molar-refractivity contribution in [3.05, 3.63) is 357 Å². The molecule has 0 bridgehead atoms. The first-order chi connectivity index (χ1) is 62.5. The Labute approximate surface area is 816 Å². The number of rotatable bonds is 16. The van der Waals surface area contributed by atoms with Crippen LogP contribution in [0, 0.1) is 0 Å². The minimum Gasteiger partial charge on any atom is -0.506 e. The van der Waals surface area contributed by atoms with Crippen molar-refractivity contribution in [2.45, 2.75) is 93.4 Å². The van der Waals surface area contributed by atoms with Crippen LogP contribution in [0.5, 0.6) is 46.0 Å². The standard InChI is InChI=1S/2C27H24ClN3O3.C27H25N3O3.C23H16ClN3O3.2CH4.2Fe/c2*1-27(2,3)17-11-12-23(32)22(14-17)30-31-24-20-10-5-4-7-16(20)13-21(25(24)33)26(34)29-19-9-6-8-18(28)15-19;1-27(2,3)18-13-14-23(31)22(16-18)29-30-24-20-12-8-7-9-17(20)15-21(25(24)32)26(33)28-19-10-5-4-6-11-19;24-15-10-11-20(28)19(13-15)26-27-21-17-9-5-4-6-14(17)12-18(22(21)29)23(30)25-16-7-2-1-3-8-16;;;;/h2*4-15,32-33H,1-3H3,(H,29,34);4-16,31-32H,1-3H3,(H,28,33);1-13,28-29H,(H,25,30);2*1H4;;. The Hall–Kier alpha value is -14.9. The van der Waals surface area contributed by atoms with Crippen molar-refractivity contribution in [3.8, 4) is 46.0 Å². The number of halogens is 3. The number of phenols is 8. The molecule has 0 atom stereocenters. The van der Waals surface area contributed by atoms with Crippen molar-refractivity contribution in [2.75, 3.05) is 21.3 Å². The van der Waals surface area contributed by atoms with Gasteiger partial charge in [-0.1, -0.05) is 276 Å². The Kier molecular flexibility index (Phi) is 35.0. The first kappa shape index (κ1) is 104. The Morgan fingerprint density at radius 1 is 0.244 bits per heavy atom. The van der Waals surface area contributed by atoms with E-state index < -0.39 is 23.6 Å². The van der Waals surface area contributed by atoms with Crippen LogP contribution in [0.2, 0.25) is 15.1 Å². The molecule has 0 aliphatic carbocycles. The molecule has 690 valence electrons. The first-order valence-electron chi connectivity index (χ1n) is 41.0. The van der Waals surface area contributed by atoms with E-state index >= 15 is 0 Å². The zero-order valence-corrected chi connectivity index (χ0v) is 77.5. The van der Waals surface area contributed by atoms with E-state index in [4.69, 9.17) is 34.8 Å². The quantitative estimate of drug-likeness (QED) is 0.0317. The van der Waals surface area contributed by atoms with Gasteiger partial charge >= 0.3 is 0 Å². The molecular weight excluding hydrogens is 1850 g/mol. The Bertz CT molecular complexity index is 6980. The SMILES string of the molecule is C.C.CC(C)(C)c1ccc(O)c(N=Nc2c(O)c(C(=O)Nc3cccc(Cl)c3)cc3ccccc23)c1.CC(C)(C)c1ccc(O)c(N=Nc2c(O)c(C(=O)Nc3cccc(Cl)c3)cc3ccccc23)c1.CC(C)(C)c1ccc(O)c(N=Nc2c(O)c(C(=O)Nc3ccccc3)cc3ccccc23)c1.O=C(Nc1ccccc1)c1cc2ccccc2c(N=Nc2cc(Cl)ccc2O)c1O.[Fe].[Fe]. The normalized spacial score (nSPS) is 11.3. The largest absolute Gasteiger partial charge is 0.506 e. The van der Waals surface area contributed by atoms with Gasteiger partial charge in [0, 0.05) is 93.5 Å². The summed E-state index contributed by atoms with van der Waals surface area (Å²) in [6.45, 7) is 18.5. The number of aromatic hydroxyl groups is 8. The van der Waals surface area contributed by atoms with Gasteiger partial charge in [-0.25, -0.2) is 0 Å². The molecule has 0 unspecified atom stereocenters. The molecule has 0 aliphatic rings. The zero-order valence-electron chi connectivity index (χ0n) is 73.0. The molecule has 24 nitrogen and oxygen atoms in total. The topological polar surface area (TPSA) is 377 Å². The molecule has 0 aliphatic heterocycles. The van der Waals surface area contributed by atoms with Gasteiger partial charge in [-0.2, -0.15) is 0 Å². The number of nitrogens with one attached hydrogen (secondary N) is 4. The Balaban J connectivity index is 0.000000200. The van der Waals surface area contributed by atoms with Gasteiger partial charge in [0.25, 0.3) is 23.6 Å². The maximum Gasteiger partial charge on any atom is 0.259 e. The predicted octanol–water partition coefficient (Wildman–Crippen LogP) is 30.8. The number of hydrogen-bond acceptors (Lipinski definition) is 20. The summed E-state index contributed by atoms with van der Waals surface area (Å²) in [5.41, 5.74) is 6.44. The van der Waals surface area contributed by atoms with Gasteiger partial charge in [0.1, 0.15) is 68.5 Å². The average Bonchev–Trinajstić information content (AvgIpc) is 0.786. The van der Waals surface area contributed by atoms with Crippen molar-refractivity contribution >= 4 is 170 Å². The van der Waals surface area contributed by atoms with Crippen molar-refractivity contribution in [1.82, 2.24) is 0 Å². The summed E-state index contributed by atoms with van der Waals surface area (Å²) in [5, 5.41) is 136. The van der Waals surface area contributed by atoms with Crippen LogP contribution >= 0.6 is 34.8 Å². The predicted molar refractivity (Wildman–Crippen MR) is 534 cm³/mol. The van der Waals surface area contributed by atoms with Crippen molar-refractivity contribution in [2.24, 2.45) is 40.9 Å². The van der Waals surface area contributed by atoms with E-state index in [-0.39, 0.29) is 179 Å². The van der Waals surface area contributed by atoms with Gasteiger partial charge in [0.05, 0.1) is 22.3 Å². The molecule has 0 spiro atoms. The molecular formula is C106H97Cl3Fe2N12O12. The van der Waals surface area contributed by atoms with E-state index in [9.17, 15) is 60.0 Å². The fourth-order valence-electron chi connectivity index (χ4n) is 13.5. The van der Waals surface area contributed by atoms with Crippen LogP contribution in [0.15, 0.2) is 344 Å². The van der Waals surface area contributed by atoms with Crippen LogP contribution in [0.25, 0.3) is 43.1 Å². The second-order valence-corrected chi connectivity index (χ2v) is 34.5. The molecule has 16 aromatic carbocycles. The van der Waals surface area contributed by atoms with Gasteiger partial charge in [-0.15, -0.1) is 40.9 Å². The monoisotopic (exact) mass is 1950 g/mol. The zero-order chi connectivity index (χ0) is 93.6. The van der Waals surface area contributed by atoms with E-state index in [1.807, 2.05) is 109 Å². The molecule has 0 fully saturated rings. The molecule has 0 saturated heterocycles. The molecule has 12 N–H and O–H groups in total. The summed E-state index contributed by atoms with van der Waals surface area (Å²) in [5.74, 6) is -3.38. The maximum atomic E-state index is 13.0. The number of para-hydroxylation sites is 2. The molecule has 0 radical (unpaired) electrons. The molecule has 16 rings (SSSR count). The van der Waals surface area contributed by atoms with Crippen molar-refractivity contribution in [1.29, 1.82) is 0 Å². The number of benzene rings is 16. The molecule has 4 amide bonds. The second kappa shape index (κ2) is 45.5. The van der Waals surface area contributed by atoms with Gasteiger partial charge in [-0.05, 0) is 194 Å². The third-order valence-electron chi connectivity index (χ3n) is 20.7. The van der Waals surface area contributed by atoms with Gasteiger partial charge in [-0.3, -0.25) is 19.2 Å². The van der Waals surface area contributed by atoms with E-state index in [0.717, 1.165) is 22.1 Å². The number of phenolic OH excluding ortho intramolecular Hbond substituents is 8. The van der Waals surface area contributed by atoms with Crippen LogP contribution in [-0.2, 0) is 50.4 Å². The number of carbonyl (C=O) groups is 4. The van der Waals surface area contributed by atoms with Crippen LogP contribution in [0.3, 0.4) is 0 Å². The molecule has 0 heterocycles. The van der Waals surface area contributed by atoms with E-state index in [1.165, 1.54) is 18.2 Å². The molecule has 16 aromatic rings. The number of fused-ring (bicyclic) bond motifs is 4. The van der Waals surface area contributed by atoms with Crippen LogP contribution in [0.1, 0.15) is 135 Å². The summed E-state index contributed by atoms with van der Waals surface area (Å²) in [7, 11) is 0. The molecule has 135 heavy (non-hydrogen) atoms. The van der Waals surface area contributed by atoms with Gasteiger partial charge in [0.2, 0.25) is 0 Å². The summed E-state index contributed by atoms with van der Waals surface area (Å²) < 4.78 is 0. The number of azo groups is 4. The summed E-state index contributed by atoms with van der Waals surface area (Å²) in [6, 6.07) is 86.7. The minimum atomic E-state index is -0.514. The van der Waals surface area contributed by atoms with Crippen LogP contribution in [0.4, 0.5) is 68.2 Å². The third-order valence-corrected chi connectivity index (χ3v) is 21.4. The van der Waals surface area contributed by atoms with E-state index in [0.29, 0.717) is 75.5 Å². The maximum absolute atomic E-state index is 13.0. The fourth-order valence-corrected chi connectivity index (χ4v) is 14.1. The minimum absolute atomic E-state index is 0. The van der Waals surface area contributed by atoms with Crippen LogP contribution < -0.4 is 21.3 Å². The van der Waals surface area contributed by atoms with Crippen LogP contribution in [-0.4, -0.2) is 64.5 Å². The average molecular weight is 1950 g/mol. The summed E-state index contributed by atoms with van der Waals surface area (Å²) >= 11 is 18.0. The number of amides is 4. The summed E-state index contributed by atoms with van der Waals surface area (Å²) in [4.78, 5) is 51.7. The van der Waals surface area contributed by atoms with Crippen molar-refractivity contribution in [3.63, 3.8) is 0 Å². The summed E-state index contributed by atoms with van der Waals surface area (Å²) in [6.07, 6.45) is 0. The molecule has 0 aromatic heterocycles. The Morgan fingerprint density at radius 3 is 0.726 bits per heavy atom. The number of anilines is 4. The fraction of sp³-hybridized carbons (Fsp3) is 0.132. The van der Waals surface area contributed by atoms with Gasteiger partial charge in [0.15, 0.2) is 23.0 Å². The number of hydrogen-bond donors (Lipinski definition) is 12.